The van der Waals surface area contributed by atoms with Crippen molar-refractivity contribution >= 4 is 35.1 Å². The summed E-state index contributed by atoms with van der Waals surface area (Å²) in [6.45, 7) is 4.08. The van der Waals surface area contributed by atoms with E-state index < -0.39 is 0 Å². The van der Waals surface area contributed by atoms with Crippen molar-refractivity contribution in [3.05, 3.63) is 76.6 Å². The molecule has 7 nitrogen and oxygen atoms in total. The van der Waals surface area contributed by atoms with Crippen molar-refractivity contribution in [2.75, 3.05) is 18.5 Å². The maximum absolute atomic E-state index is 12.3. The van der Waals surface area contributed by atoms with Gasteiger partial charge in [-0.1, -0.05) is 41.4 Å². The number of hydrogen-bond donors (Lipinski definition) is 1. The summed E-state index contributed by atoms with van der Waals surface area (Å²) in [7, 11) is 1.69. The Balaban J connectivity index is 1.65. The van der Waals surface area contributed by atoms with Crippen molar-refractivity contribution in [2.24, 2.45) is 7.05 Å². The average molecular weight is 454 g/mol. The first-order chi connectivity index (χ1) is 15.4. The van der Waals surface area contributed by atoms with E-state index in [1.54, 1.807) is 37.5 Å². The van der Waals surface area contributed by atoms with Gasteiger partial charge in [0.2, 0.25) is 5.78 Å². The summed E-state index contributed by atoms with van der Waals surface area (Å²) in [4.78, 5) is 24.5. The zero-order chi connectivity index (χ0) is 23.1. The molecular formula is C24H24ClN3O4. The number of aryl methyl sites for hydroxylation is 2. The Morgan fingerprint density at radius 1 is 1.12 bits per heavy atom. The minimum atomic E-state index is -0.304. The highest BCUT2D eigenvalue weighted by atomic mass is 35.5. The number of hydrogen-bond acceptors (Lipinski definition) is 5. The van der Waals surface area contributed by atoms with E-state index in [2.05, 4.69) is 10.4 Å². The van der Waals surface area contributed by atoms with Crippen molar-refractivity contribution in [2.45, 2.75) is 13.8 Å². The minimum Gasteiger partial charge on any atom is -0.490 e. The number of carbonyl (C=O) groups excluding carboxylic acids is 2. The molecule has 1 heterocycles. The largest absolute Gasteiger partial charge is 0.490 e. The second kappa shape index (κ2) is 10.6. The lowest BCUT2D eigenvalue weighted by Crippen LogP contribution is -2.20. The number of rotatable bonds is 9. The number of ether oxygens (including phenoxy) is 2. The molecule has 1 aromatic heterocycles. The van der Waals surface area contributed by atoms with Gasteiger partial charge in [-0.15, -0.1) is 0 Å². The molecule has 1 N–H and O–H groups in total. The molecule has 166 valence electrons. The average Bonchev–Trinajstić information content (AvgIpc) is 3.11. The summed E-state index contributed by atoms with van der Waals surface area (Å²) in [5.74, 6) is 0.322. The van der Waals surface area contributed by atoms with E-state index in [-0.39, 0.29) is 24.0 Å². The molecule has 32 heavy (non-hydrogen) atoms. The standard InChI is InChI=1S/C24H24ClN3O4/c1-4-31-22-13-17(7-11-20(29)24-19(25)14-28(3)27-24)8-12-21(22)32-15-23(30)26-18-9-5-16(2)6-10-18/h5-14H,4,15H2,1-3H3,(H,26,30)/b11-7+. The number of amides is 1. The third-order valence-electron chi connectivity index (χ3n) is 4.41. The highest BCUT2D eigenvalue weighted by molar-refractivity contribution is 6.34. The van der Waals surface area contributed by atoms with Crippen LogP contribution in [-0.4, -0.2) is 34.7 Å². The van der Waals surface area contributed by atoms with Crippen LogP contribution in [0.15, 0.2) is 54.7 Å². The SMILES string of the molecule is CCOc1cc(/C=C/C(=O)c2nn(C)cc2Cl)ccc1OCC(=O)Nc1ccc(C)cc1. The Kier molecular flexibility index (Phi) is 7.68. The topological polar surface area (TPSA) is 82.4 Å². The quantitative estimate of drug-likeness (QED) is 0.375. The second-order valence-electron chi connectivity index (χ2n) is 7.04. The maximum Gasteiger partial charge on any atom is 0.262 e. The first kappa shape index (κ1) is 23.1. The second-order valence-corrected chi connectivity index (χ2v) is 7.45. The Hall–Kier alpha value is -3.58. The molecule has 1 amide bonds. The van der Waals surface area contributed by atoms with Gasteiger partial charge in [-0.2, -0.15) is 5.10 Å². The van der Waals surface area contributed by atoms with Crippen molar-refractivity contribution < 1.29 is 19.1 Å². The molecule has 3 rings (SSSR count). The van der Waals surface area contributed by atoms with Gasteiger partial charge in [0.25, 0.3) is 5.91 Å². The highest BCUT2D eigenvalue weighted by Gasteiger charge is 2.13. The first-order valence-electron chi connectivity index (χ1n) is 10.0. The number of carbonyl (C=O) groups is 2. The predicted octanol–water partition coefficient (Wildman–Crippen LogP) is 4.69. The molecule has 0 fully saturated rings. The molecule has 0 aliphatic heterocycles. The van der Waals surface area contributed by atoms with Crippen LogP contribution in [0.1, 0.15) is 28.5 Å². The van der Waals surface area contributed by atoms with E-state index in [4.69, 9.17) is 21.1 Å². The van der Waals surface area contributed by atoms with Gasteiger partial charge in [-0.3, -0.25) is 14.3 Å². The molecular weight excluding hydrogens is 430 g/mol. The van der Waals surface area contributed by atoms with Crippen LogP contribution in [0.5, 0.6) is 11.5 Å². The van der Waals surface area contributed by atoms with E-state index in [1.165, 1.54) is 10.8 Å². The summed E-state index contributed by atoms with van der Waals surface area (Å²) in [6, 6.07) is 12.7. The Morgan fingerprint density at radius 3 is 2.53 bits per heavy atom. The predicted molar refractivity (Wildman–Crippen MR) is 124 cm³/mol. The maximum atomic E-state index is 12.3. The summed E-state index contributed by atoms with van der Waals surface area (Å²) in [5.41, 5.74) is 2.73. The van der Waals surface area contributed by atoms with E-state index in [0.717, 1.165) is 11.1 Å². The lowest BCUT2D eigenvalue weighted by molar-refractivity contribution is -0.118. The van der Waals surface area contributed by atoms with Crippen LogP contribution in [0, 0.1) is 6.92 Å². The molecule has 0 aliphatic rings. The lowest BCUT2D eigenvalue weighted by Gasteiger charge is -2.13. The summed E-state index contributed by atoms with van der Waals surface area (Å²) in [6.07, 6.45) is 4.61. The monoisotopic (exact) mass is 453 g/mol. The van der Waals surface area contributed by atoms with Crippen LogP contribution in [0.25, 0.3) is 6.08 Å². The number of anilines is 1. The van der Waals surface area contributed by atoms with Crippen molar-refractivity contribution in [3.8, 4) is 11.5 Å². The lowest BCUT2D eigenvalue weighted by atomic mass is 10.1. The normalized spacial score (nSPS) is 10.9. The Labute approximate surface area is 191 Å². The van der Waals surface area contributed by atoms with Crippen molar-refractivity contribution in [1.82, 2.24) is 9.78 Å². The van der Waals surface area contributed by atoms with Gasteiger partial charge in [0.15, 0.2) is 23.8 Å². The fraction of sp³-hybridized carbons (Fsp3) is 0.208. The first-order valence-corrected chi connectivity index (χ1v) is 10.4. The number of nitrogens with zero attached hydrogens (tertiary/aromatic N) is 2. The number of allylic oxidation sites excluding steroid dienone is 1. The molecule has 2 aromatic carbocycles. The van der Waals surface area contributed by atoms with Crippen LogP contribution < -0.4 is 14.8 Å². The number of halogens is 1. The van der Waals surface area contributed by atoms with E-state index >= 15 is 0 Å². The molecule has 0 saturated heterocycles. The number of ketones is 1. The van der Waals surface area contributed by atoms with Crippen molar-refractivity contribution in [3.63, 3.8) is 0 Å². The van der Waals surface area contributed by atoms with Gasteiger partial charge in [0, 0.05) is 18.9 Å². The smallest absolute Gasteiger partial charge is 0.262 e. The number of aromatic nitrogens is 2. The molecule has 0 atom stereocenters. The van der Waals surface area contributed by atoms with Crippen LogP contribution in [0.4, 0.5) is 5.69 Å². The van der Waals surface area contributed by atoms with Crippen molar-refractivity contribution in [1.29, 1.82) is 0 Å². The van der Waals surface area contributed by atoms with Crippen LogP contribution >= 0.6 is 11.6 Å². The van der Waals surface area contributed by atoms with Gasteiger partial charge in [0.1, 0.15) is 0 Å². The molecule has 3 aromatic rings. The molecule has 0 bridgehead atoms. The van der Waals surface area contributed by atoms with Gasteiger partial charge in [-0.25, -0.2) is 0 Å². The highest BCUT2D eigenvalue weighted by Crippen LogP contribution is 2.29. The summed E-state index contributed by atoms with van der Waals surface area (Å²) in [5, 5.41) is 7.14. The number of nitrogens with one attached hydrogen (secondary N) is 1. The fourth-order valence-corrected chi connectivity index (χ4v) is 3.14. The Morgan fingerprint density at radius 2 is 1.88 bits per heavy atom. The van der Waals surface area contributed by atoms with Gasteiger partial charge in [0.05, 0.1) is 11.6 Å². The molecule has 8 heteroatoms. The third kappa shape index (κ3) is 6.21. The van der Waals surface area contributed by atoms with Gasteiger partial charge >= 0.3 is 0 Å². The van der Waals surface area contributed by atoms with Crippen LogP contribution in [0.2, 0.25) is 5.02 Å². The van der Waals surface area contributed by atoms with Crippen LogP contribution in [0.3, 0.4) is 0 Å². The van der Waals surface area contributed by atoms with Crippen LogP contribution in [-0.2, 0) is 11.8 Å². The van der Waals surface area contributed by atoms with Gasteiger partial charge in [-0.05, 0) is 49.8 Å². The fourth-order valence-electron chi connectivity index (χ4n) is 2.87. The van der Waals surface area contributed by atoms with E-state index in [0.29, 0.717) is 28.8 Å². The Bertz CT molecular complexity index is 1140. The zero-order valence-electron chi connectivity index (χ0n) is 18.1. The zero-order valence-corrected chi connectivity index (χ0v) is 18.8. The summed E-state index contributed by atoms with van der Waals surface area (Å²) < 4.78 is 12.8. The summed E-state index contributed by atoms with van der Waals surface area (Å²) >= 11 is 6.02. The van der Waals surface area contributed by atoms with E-state index in [9.17, 15) is 9.59 Å². The molecule has 0 unspecified atom stereocenters. The third-order valence-corrected chi connectivity index (χ3v) is 4.68. The minimum absolute atomic E-state index is 0.167. The molecule has 0 saturated carbocycles. The molecule has 0 spiro atoms. The number of benzene rings is 2. The van der Waals surface area contributed by atoms with E-state index in [1.807, 2.05) is 38.1 Å². The molecule has 0 aliphatic carbocycles. The molecule has 0 radical (unpaired) electrons. The van der Waals surface area contributed by atoms with Gasteiger partial charge < -0.3 is 14.8 Å².